The Hall–Kier alpha value is -2.94. The van der Waals surface area contributed by atoms with Crippen LogP contribution in [0.4, 0.5) is 30.2 Å². The van der Waals surface area contributed by atoms with Crippen LogP contribution in [0.25, 0.3) is 0 Å². The van der Waals surface area contributed by atoms with E-state index in [1.807, 2.05) is 4.90 Å². The van der Waals surface area contributed by atoms with Crippen LogP contribution < -0.4 is 20.9 Å². The SMILES string of the molecule is Cc1c(Cl)cccc1NC(=O)CNC(=O)CNc1cc(C(F)(F)F)ccc1N1CCCC1. The molecule has 0 radical (unpaired) electrons. The lowest BCUT2D eigenvalue weighted by molar-refractivity contribution is -0.137. The van der Waals surface area contributed by atoms with Crippen molar-refractivity contribution in [1.82, 2.24) is 5.32 Å². The van der Waals surface area contributed by atoms with Crippen molar-refractivity contribution in [3.63, 3.8) is 0 Å². The minimum Gasteiger partial charge on any atom is -0.374 e. The Labute approximate surface area is 189 Å². The fraction of sp³-hybridized carbons (Fsp3) is 0.364. The zero-order valence-corrected chi connectivity index (χ0v) is 18.2. The molecule has 2 aromatic carbocycles. The van der Waals surface area contributed by atoms with Crippen molar-refractivity contribution in [3.05, 3.63) is 52.5 Å². The zero-order valence-electron chi connectivity index (χ0n) is 17.5. The van der Waals surface area contributed by atoms with Gasteiger partial charge in [0.25, 0.3) is 0 Å². The minimum atomic E-state index is -4.49. The van der Waals surface area contributed by atoms with Crippen molar-refractivity contribution in [2.75, 3.05) is 41.7 Å². The summed E-state index contributed by atoms with van der Waals surface area (Å²) < 4.78 is 39.4. The first-order chi connectivity index (χ1) is 15.1. The Morgan fingerprint density at radius 3 is 2.44 bits per heavy atom. The molecule has 1 aliphatic rings. The zero-order chi connectivity index (χ0) is 23.3. The summed E-state index contributed by atoms with van der Waals surface area (Å²) in [5, 5.41) is 8.41. The highest BCUT2D eigenvalue weighted by molar-refractivity contribution is 6.31. The molecule has 0 spiro atoms. The van der Waals surface area contributed by atoms with Crippen LogP contribution in [-0.4, -0.2) is 38.0 Å². The van der Waals surface area contributed by atoms with Gasteiger partial charge in [-0.2, -0.15) is 13.2 Å². The van der Waals surface area contributed by atoms with Gasteiger partial charge < -0.3 is 20.9 Å². The second-order valence-electron chi connectivity index (χ2n) is 7.51. The van der Waals surface area contributed by atoms with Crippen molar-refractivity contribution >= 4 is 40.5 Å². The molecule has 1 aliphatic heterocycles. The van der Waals surface area contributed by atoms with Gasteiger partial charge in [-0.05, 0) is 55.7 Å². The van der Waals surface area contributed by atoms with Crippen molar-refractivity contribution in [3.8, 4) is 0 Å². The van der Waals surface area contributed by atoms with Crippen LogP contribution in [0.15, 0.2) is 36.4 Å². The first-order valence-corrected chi connectivity index (χ1v) is 10.5. The molecule has 2 amide bonds. The van der Waals surface area contributed by atoms with E-state index in [9.17, 15) is 22.8 Å². The van der Waals surface area contributed by atoms with Crippen LogP contribution in [0.2, 0.25) is 5.02 Å². The quantitative estimate of drug-likeness (QED) is 0.562. The molecule has 10 heteroatoms. The van der Waals surface area contributed by atoms with Gasteiger partial charge in [-0.25, -0.2) is 0 Å². The third-order valence-corrected chi connectivity index (χ3v) is 5.61. The monoisotopic (exact) mass is 468 g/mol. The Balaban J connectivity index is 1.58. The van der Waals surface area contributed by atoms with Gasteiger partial charge in [0.15, 0.2) is 0 Å². The summed E-state index contributed by atoms with van der Waals surface area (Å²) in [4.78, 5) is 26.3. The normalized spacial score (nSPS) is 13.7. The highest BCUT2D eigenvalue weighted by Crippen LogP contribution is 2.36. The molecule has 0 atom stereocenters. The molecule has 172 valence electrons. The molecule has 6 nitrogen and oxygen atoms in total. The predicted octanol–water partition coefficient (Wildman–Crippen LogP) is 4.43. The standard InChI is InChI=1S/C22H24ClF3N4O2/c1-14-16(23)5-4-6-17(14)29-21(32)13-28-20(31)12-27-18-11-15(22(24,25)26)7-8-19(18)30-9-2-3-10-30/h4-8,11,27H,2-3,9-10,12-13H2,1H3,(H,28,31)(H,29,32). The summed E-state index contributed by atoms with van der Waals surface area (Å²) >= 11 is 6.02. The van der Waals surface area contributed by atoms with Gasteiger partial charge in [-0.3, -0.25) is 9.59 Å². The average Bonchev–Trinajstić information content (AvgIpc) is 3.28. The molecule has 2 aromatic rings. The average molecular weight is 469 g/mol. The summed E-state index contributed by atoms with van der Waals surface area (Å²) in [6, 6.07) is 8.56. The number of rotatable bonds is 7. The maximum atomic E-state index is 13.1. The lowest BCUT2D eigenvalue weighted by atomic mass is 10.1. The molecule has 1 fully saturated rings. The lowest BCUT2D eigenvalue weighted by Gasteiger charge is -2.23. The number of benzene rings is 2. The Bertz CT molecular complexity index is 992. The first-order valence-electron chi connectivity index (χ1n) is 10.2. The number of hydrogen-bond acceptors (Lipinski definition) is 4. The molecule has 32 heavy (non-hydrogen) atoms. The number of amides is 2. The summed E-state index contributed by atoms with van der Waals surface area (Å²) in [7, 11) is 0. The maximum absolute atomic E-state index is 13.1. The third-order valence-electron chi connectivity index (χ3n) is 5.20. The number of nitrogens with zero attached hydrogens (tertiary/aromatic N) is 1. The topological polar surface area (TPSA) is 73.5 Å². The van der Waals surface area contributed by atoms with E-state index < -0.39 is 23.6 Å². The van der Waals surface area contributed by atoms with E-state index in [0.29, 0.717) is 22.0 Å². The highest BCUT2D eigenvalue weighted by atomic mass is 35.5. The third kappa shape index (κ3) is 6.06. The van der Waals surface area contributed by atoms with Crippen LogP contribution in [0.1, 0.15) is 24.0 Å². The summed E-state index contributed by atoms with van der Waals surface area (Å²) in [6.45, 7) is 2.69. The maximum Gasteiger partial charge on any atom is 0.416 e. The van der Waals surface area contributed by atoms with E-state index in [0.717, 1.165) is 38.1 Å². The molecule has 3 N–H and O–H groups in total. The first kappa shape index (κ1) is 23.7. The van der Waals surface area contributed by atoms with E-state index in [2.05, 4.69) is 16.0 Å². The van der Waals surface area contributed by atoms with Gasteiger partial charge in [-0.1, -0.05) is 17.7 Å². The van der Waals surface area contributed by atoms with Crippen molar-refractivity contribution < 1.29 is 22.8 Å². The van der Waals surface area contributed by atoms with Crippen molar-refractivity contribution in [1.29, 1.82) is 0 Å². The molecule has 1 saturated heterocycles. The number of halogens is 4. The number of nitrogens with one attached hydrogen (secondary N) is 3. The molecule has 0 aliphatic carbocycles. The summed E-state index contributed by atoms with van der Waals surface area (Å²) in [5.41, 5.74) is 1.30. The van der Waals surface area contributed by atoms with Gasteiger partial charge in [-0.15, -0.1) is 0 Å². The van der Waals surface area contributed by atoms with Gasteiger partial charge >= 0.3 is 6.18 Å². The Morgan fingerprint density at radius 2 is 1.75 bits per heavy atom. The fourth-order valence-electron chi connectivity index (χ4n) is 3.44. The van der Waals surface area contributed by atoms with E-state index in [1.54, 1.807) is 25.1 Å². The second-order valence-corrected chi connectivity index (χ2v) is 7.92. The molecular formula is C22H24ClF3N4O2. The van der Waals surface area contributed by atoms with E-state index in [4.69, 9.17) is 11.6 Å². The van der Waals surface area contributed by atoms with Crippen LogP contribution in [0.3, 0.4) is 0 Å². The van der Waals surface area contributed by atoms with Crippen LogP contribution in [0, 0.1) is 6.92 Å². The summed E-state index contributed by atoms with van der Waals surface area (Å²) in [6.07, 6.45) is -2.57. The van der Waals surface area contributed by atoms with Crippen LogP contribution >= 0.6 is 11.6 Å². The lowest BCUT2D eigenvalue weighted by Crippen LogP contribution is -2.36. The Kier molecular flexibility index (Phi) is 7.50. The van der Waals surface area contributed by atoms with Crippen molar-refractivity contribution in [2.45, 2.75) is 25.9 Å². The molecule has 1 heterocycles. The second kappa shape index (κ2) is 10.1. The number of hydrogen-bond donors (Lipinski definition) is 3. The largest absolute Gasteiger partial charge is 0.416 e. The van der Waals surface area contributed by atoms with Crippen molar-refractivity contribution in [2.24, 2.45) is 0 Å². The van der Waals surface area contributed by atoms with Gasteiger partial charge in [0.1, 0.15) is 0 Å². The molecule has 0 bridgehead atoms. The Morgan fingerprint density at radius 1 is 1.03 bits per heavy atom. The van der Waals surface area contributed by atoms with Crippen LogP contribution in [-0.2, 0) is 15.8 Å². The van der Waals surface area contributed by atoms with Crippen LogP contribution in [0.5, 0.6) is 0 Å². The fourth-order valence-corrected chi connectivity index (χ4v) is 3.62. The van der Waals surface area contributed by atoms with Gasteiger partial charge in [0.05, 0.1) is 30.0 Å². The minimum absolute atomic E-state index is 0.232. The molecule has 0 aromatic heterocycles. The number of anilines is 3. The van der Waals surface area contributed by atoms with E-state index >= 15 is 0 Å². The number of carbonyl (C=O) groups excluding carboxylic acids is 2. The predicted molar refractivity (Wildman–Crippen MR) is 119 cm³/mol. The summed E-state index contributed by atoms with van der Waals surface area (Å²) in [5.74, 6) is -0.965. The highest BCUT2D eigenvalue weighted by Gasteiger charge is 2.31. The molecule has 0 unspecified atom stereocenters. The number of carbonyl (C=O) groups is 2. The van der Waals surface area contributed by atoms with E-state index in [-0.39, 0.29) is 18.8 Å². The van der Waals surface area contributed by atoms with E-state index in [1.165, 1.54) is 6.07 Å². The van der Waals surface area contributed by atoms with Gasteiger partial charge in [0.2, 0.25) is 11.8 Å². The van der Waals surface area contributed by atoms with Gasteiger partial charge in [0, 0.05) is 23.8 Å². The number of alkyl halides is 3. The smallest absolute Gasteiger partial charge is 0.374 e. The molecule has 3 rings (SSSR count). The molecule has 0 saturated carbocycles. The molecular weight excluding hydrogens is 445 g/mol.